The standard InChI is InChI=1S/C14H18ClN3O4/c1-9-6-17(7-10(2)22-9)8-14(19)16-12-4-3-11(15)5-13(12)18(20)21/h3-5,9-10H,6-8H2,1-2H3,(H,16,19). The number of benzene rings is 1. The van der Waals surface area contributed by atoms with Crippen LogP contribution in [0.1, 0.15) is 13.8 Å². The van der Waals surface area contributed by atoms with Crippen LogP contribution in [0.2, 0.25) is 5.02 Å². The van der Waals surface area contributed by atoms with Gasteiger partial charge in [-0.1, -0.05) is 11.6 Å². The van der Waals surface area contributed by atoms with E-state index in [2.05, 4.69) is 5.32 Å². The predicted octanol–water partition coefficient (Wildman–Crippen LogP) is 2.30. The molecule has 22 heavy (non-hydrogen) atoms. The number of nitro groups is 1. The molecule has 2 atom stereocenters. The number of halogens is 1. The molecule has 1 heterocycles. The van der Waals surface area contributed by atoms with Crippen molar-refractivity contribution in [1.82, 2.24) is 4.90 Å². The third-order valence-corrected chi connectivity index (χ3v) is 3.53. The van der Waals surface area contributed by atoms with Crippen molar-refractivity contribution in [2.24, 2.45) is 0 Å². The van der Waals surface area contributed by atoms with Crippen molar-refractivity contribution < 1.29 is 14.5 Å². The van der Waals surface area contributed by atoms with E-state index >= 15 is 0 Å². The molecule has 1 aromatic carbocycles. The molecule has 1 aromatic rings. The second-order valence-corrected chi connectivity index (χ2v) is 5.85. The highest BCUT2D eigenvalue weighted by Gasteiger charge is 2.24. The summed E-state index contributed by atoms with van der Waals surface area (Å²) < 4.78 is 5.60. The maximum absolute atomic E-state index is 12.1. The van der Waals surface area contributed by atoms with E-state index in [1.54, 1.807) is 0 Å². The van der Waals surface area contributed by atoms with Gasteiger partial charge in [0.1, 0.15) is 5.69 Å². The zero-order chi connectivity index (χ0) is 16.3. The third-order valence-electron chi connectivity index (χ3n) is 3.29. The minimum absolute atomic E-state index is 0.0569. The van der Waals surface area contributed by atoms with Crippen molar-refractivity contribution in [2.75, 3.05) is 25.0 Å². The van der Waals surface area contributed by atoms with Crippen LogP contribution in [0.3, 0.4) is 0 Å². The van der Waals surface area contributed by atoms with Gasteiger partial charge in [0.25, 0.3) is 5.69 Å². The normalized spacial score (nSPS) is 22.3. The summed E-state index contributed by atoms with van der Waals surface area (Å²) in [4.78, 5) is 24.5. The number of nitrogens with zero attached hydrogens (tertiary/aromatic N) is 2. The Morgan fingerprint density at radius 3 is 2.68 bits per heavy atom. The molecule has 0 bridgehead atoms. The quantitative estimate of drug-likeness (QED) is 0.677. The van der Waals surface area contributed by atoms with E-state index in [0.717, 1.165) is 0 Å². The number of morpholine rings is 1. The molecule has 0 aliphatic carbocycles. The van der Waals surface area contributed by atoms with Crippen LogP contribution in [0.25, 0.3) is 0 Å². The van der Waals surface area contributed by atoms with Crippen molar-refractivity contribution in [3.05, 3.63) is 33.3 Å². The molecule has 1 saturated heterocycles. The average Bonchev–Trinajstić information content (AvgIpc) is 2.39. The van der Waals surface area contributed by atoms with Gasteiger partial charge in [0.05, 0.1) is 23.7 Å². The lowest BCUT2D eigenvalue weighted by Gasteiger charge is -2.34. The van der Waals surface area contributed by atoms with E-state index in [9.17, 15) is 14.9 Å². The van der Waals surface area contributed by atoms with Gasteiger partial charge >= 0.3 is 0 Å². The van der Waals surface area contributed by atoms with Gasteiger partial charge < -0.3 is 10.1 Å². The predicted molar refractivity (Wildman–Crippen MR) is 83.2 cm³/mol. The summed E-state index contributed by atoms with van der Waals surface area (Å²) in [5, 5.41) is 13.8. The van der Waals surface area contributed by atoms with Gasteiger partial charge in [-0.3, -0.25) is 19.8 Å². The van der Waals surface area contributed by atoms with Crippen LogP contribution in [-0.4, -0.2) is 47.6 Å². The molecule has 8 heteroatoms. The molecule has 0 aromatic heterocycles. The van der Waals surface area contributed by atoms with Crippen LogP contribution in [0.15, 0.2) is 18.2 Å². The number of anilines is 1. The number of ether oxygens (including phenoxy) is 1. The lowest BCUT2D eigenvalue weighted by molar-refractivity contribution is -0.383. The maximum atomic E-state index is 12.1. The summed E-state index contributed by atoms with van der Waals surface area (Å²) in [5.74, 6) is -0.299. The van der Waals surface area contributed by atoms with Crippen molar-refractivity contribution >= 4 is 28.9 Å². The van der Waals surface area contributed by atoms with E-state index in [1.165, 1.54) is 18.2 Å². The lowest BCUT2D eigenvalue weighted by atomic mass is 10.2. The average molecular weight is 328 g/mol. The molecule has 1 fully saturated rings. The van der Waals surface area contributed by atoms with Gasteiger partial charge in [-0.2, -0.15) is 0 Å². The van der Waals surface area contributed by atoms with Crippen molar-refractivity contribution in [1.29, 1.82) is 0 Å². The fourth-order valence-electron chi connectivity index (χ4n) is 2.57. The molecule has 0 radical (unpaired) electrons. The summed E-state index contributed by atoms with van der Waals surface area (Å²) in [5.41, 5.74) is -0.0710. The number of carbonyl (C=O) groups excluding carboxylic acids is 1. The molecule has 2 unspecified atom stereocenters. The Morgan fingerprint density at radius 2 is 2.09 bits per heavy atom. The minimum atomic E-state index is -0.569. The molecule has 1 aliphatic rings. The first-order valence-corrected chi connectivity index (χ1v) is 7.34. The lowest BCUT2D eigenvalue weighted by Crippen LogP contribution is -2.48. The molecule has 7 nitrogen and oxygen atoms in total. The zero-order valence-corrected chi connectivity index (χ0v) is 13.2. The monoisotopic (exact) mass is 327 g/mol. The number of hydrogen-bond acceptors (Lipinski definition) is 5. The summed E-state index contributed by atoms with van der Waals surface area (Å²) in [6.07, 6.45) is 0.114. The first kappa shape index (κ1) is 16.7. The van der Waals surface area contributed by atoms with E-state index in [0.29, 0.717) is 13.1 Å². The summed E-state index contributed by atoms with van der Waals surface area (Å²) in [7, 11) is 0. The van der Waals surface area contributed by atoms with Crippen LogP contribution >= 0.6 is 11.6 Å². The Hall–Kier alpha value is -1.70. The van der Waals surface area contributed by atoms with Crippen molar-refractivity contribution in [3.63, 3.8) is 0 Å². The number of nitrogens with one attached hydrogen (secondary N) is 1. The van der Waals surface area contributed by atoms with Gasteiger partial charge in [0, 0.05) is 24.2 Å². The largest absolute Gasteiger partial charge is 0.373 e. The third kappa shape index (κ3) is 4.40. The molecule has 120 valence electrons. The molecule has 1 N–H and O–H groups in total. The summed E-state index contributed by atoms with van der Waals surface area (Å²) in [6.45, 7) is 5.37. The van der Waals surface area contributed by atoms with Crippen LogP contribution in [0.5, 0.6) is 0 Å². The van der Waals surface area contributed by atoms with E-state index in [-0.39, 0.29) is 41.1 Å². The first-order valence-electron chi connectivity index (χ1n) is 6.96. The number of amides is 1. The topological polar surface area (TPSA) is 84.7 Å². The SMILES string of the molecule is CC1CN(CC(=O)Nc2ccc(Cl)cc2[N+](=O)[O-])CC(C)O1. The van der Waals surface area contributed by atoms with Gasteiger partial charge in [0.2, 0.25) is 5.91 Å². The molecular formula is C14H18ClN3O4. The summed E-state index contributed by atoms with van der Waals surface area (Å²) in [6, 6.07) is 4.15. The number of nitro benzene ring substituents is 1. The van der Waals surface area contributed by atoms with Gasteiger partial charge in [-0.25, -0.2) is 0 Å². The molecule has 0 spiro atoms. The van der Waals surface area contributed by atoms with E-state index in [1.807, 2.05) is 18.7 Å². The Balaban J connectivity index is 2.02. The Labute approximate surface area is 133 Å². The first-order chi connectivity index (χ1) is 10.3. The highest BCUT2D eigenvalue weighted by molar-refractivity contribution is 6.31. The smallest absolute Gasteiger partial charge is 0.294 e. The highest BCUT2D eigenvalue weighted by Crippen LogP contribution is 2.27. The van der Waals surface area contributed by atoms with Crippen LogP contribution in [0.4, 0.5) is 11.4 Å². The number of hydrogen-bond donors (Lipinski definition) is 1. The van der Waals surface area contributed by atoms with E-state index in [4.69, 9.17) is 16.3 Å². The number of carbonyl (C=O) groups is 1. The minimum Gasteiger partial charge on any atom is -0.373 e. The maximum Gasteiger partial charge on any atom is 0.294 e. The fourth-order valence-corrected chi connectivity index (χ4v) is 2.73. The second-order valence-electron chi connectivity index (χ2n) is 5.42. The molecule has 0 saturated carbocycles. The van der Waals surface area contributed by atoms with Gasteiger partial charge in [-0.05, 0) is 26.0 Å². The van der Waals surface area contributed by atoms with Crippen LogP contribution in [-0.2, 0) is 9.53 Å². The van der Waals surface area contributed by atoms with Gasteiger partial charge in [0.15, 0.2) is 0 Å². The van der Waals surface area contributed by atoms with Gasteiger partial charge in [-0.15, -0.1) is 0 Å². The molecule has 1 amide bonds. The molecular weight excluding hydrogens is 310 g/mol. The molecule has 1 aliphatic heterocycles. The Morgan fingerprint density at radius 1 is 1.45 bits per heavy atom. The van der Waals surface area contributed by atoms with Crippen molar-refractivity contribution in [3.8, 4) is 0 Å². The summed E-state index contributed by atoms with van der Waals surface area (Å²) >= 11 is 5.75. The highest BCUT2D eigenvalue weighted by atomic mass is 35.5. The Bertz CT molecular complexity index is 571. The fraction of sp³-hybridized carbons (Fsp3) is 0.500. The number of rotatable bonds is 4. The zero-order valence-electron chi connectivity index (χ0n) is 12.4. The van der Waals surface area contributed by atoms with E-state index < -0.39 is 4.92 Å². The Kier molecular flexibility index (Phi) is 5.33. The van der Waals surface area contributed by atoms with Crippen LogP contribution < -0.4 is 5.32 Å². The van der Waals surface area contributed by atoms with Crippen molar-refractivity contribution in [2.45, 2.75) is 26.1 Å². The second kappa shape index (κ2) is 7.04. The molecule has 2 rings (SSSR count). The van der Waals surface area contributed by atoms with Crippen LogP contribution in [0, 0.1) is 10.1 Å².